The van der Waals surface area contributed by atoms with Crippen LogP contribution in [0, 0.1) is 6.92 Å². The molecule has 3 heterocycles. The van der Waals surface area contributed by atoms with Gasteiger partial charge in [-0.2, -0.15) is 9.78 Å². The molecule has 0 saturated heterocycles. The van der Waals surface area contributed by atoms with Gasteiger partial charge in [0.25, 0.3) is 5.91 Å². The summed E-state index contributed by atoms with van der Waals surface area (Å²) < 4.78 is 1.74. The Bertz CT molecular complexity index is 928. The van der Waals surface area contributed by atoms with E-state index >= 15 is 0 Å². The minimum atomic E-state index is -0.0557. The summed E-state index contributed by atoms with van der Waals surface area (Å²) in [5.41, 5.74) is 3.14. The summed E-state index contributed by atoms with van der Waals surface area (Å²) in [6, 6.07) is 7.64. The van der Waals surface area contributed by atoms with Crippen LogP contribution in [0.1, 0.15) is 53.8 Å². The minimum Gasteiger partial charge on any atom is -0.352 e. The molecule has 0 unspecified atom stereocenters. The highest BCUT2D eigenvalue weighted by molar-refractivity contribution is 6.06. The van der Waals surface area contributed by atoms with Crippen molar-refractivity contribution in [1.29, 1.82) is 0 Å². The third-order valence-corrected chi connectivity index (χ3v) is 4.47. The quantitative estimate of drug-likeness (QED) is 0.777. The van der Waals surface area contributed by atoms with Gasteiger partial charge >= 0.3 is 0 Å². The van der Waals surface area contributed by atoms with E-state index in [1.807, 2.05) is 38.1 Å². The van der Waals surface area contributed by atoms with Gasteiger partial charge in [0.1, 0.15) is 0 Å². The first-order chi connectivity index (χ1) is 12.2. The second-order valence-corrected chi connectivity index (χ2v) is 6.51. The minimum absolute atomic E-state index is 0.0557. The number of aryl methyl sites for hydroxylation is 1. The van der Waals surface area contributed by atoms with Crippen LogP contribution in [0.5, 0.6) is 0 Å². The highest BCUT2D eigenvalue weighted by atomic mass is 16.1. The van der Waals surface area contributed by atoms with E-state index < -0.39 is 0 Å². The van der Waals surface area contributed by atoms with E-state index in [1.165, 1.54) is 0 Å². The number of nitrogens with one attached hydrogen (secondary N) is 1. The van der Waals surface area contributed by atoms with Crippen LogP contribution in [0.3, 0.4) is 0 Å². The Kier molecular flexibility index (Phi) is 3.95. The lowest BCUT2D eigenvalue weighted by Crippen LogP contribution is -2.24. The molecule has 1 amide bonds. The zero-order valence-electron chi connectivity index (χ0n) is 14.5. The molecule has 0 bridgehead atoms. The lowest BCUT2D eigenvalue weighted by atomic mass is 10.1. The van der Waals surface area contributed by atoms with Gasteiger partial charge in [-0.05, 0) is 44.4 Å². The van der Waals surface area contributed by atoms with Crippen LogP contribution in [0.25, 0.3) is 16.9 Å². The number of carbonyl (C=O) groups is 1. The first kappa shape index (κ1) is 15.7. The van der Waals surface area contributed by atoms with E-state index in [0.717, 1.165) is 36.0 Å². The van der Waals surface area contributed by atoms with Crippen molar-refractivity contribution < 1.29 is 4.79 Å². The Balaban J connectivity index is 1.92. The molecule has 128 valence electrons. The van der Waals surface area contributed by atoms with Crippen LogP contribution in [0.2, 0.25) is 0 Å². The summed E-state index contributed by atoms with van der Waals surface area (Å²) in [6.07, 6.45) is 4.90. The van der Waals surface area contributed by atoms with Gasteiger partial charge in [-0.3, -0.25) is 4.79 Å². The number of pyridine rings is 2. The molecule has 6 heteroatoms. The highest BCUT2D eigenvalue weighted by Gasteiger charge is 2.29. The molecule has 25 heavy (non-hydrogen) atoms. The topological polar surface area (TPSA) is 72.7 Å². The Hall–Kier alpha value is -2.76. The summed E-state index contributed by atoms with van der Waals surface area (Å²) in [4.78, 5) is 21.9. The van der Waals surface area contributed by atoms with Gasteiger partial charge in [0.15, 0.2) is 11.5 Å². The maximum absolute atomic E-state index is 12.7. The average Bonchev–Trinajstić information content (AvgIpc) is 3.44. The molecule has 4 rings (SSSR count). The number of hydrogen-bond acceptors (Lipinski definition) is 4. The fraction of sp³-hybridized carbons (Fsp3) is 0.368. The van der Waals surface area contributed by atoms with Crippen molar-refractivity contribution in [1.82, 2.24) is 25.1 Å². The van der Waals surface area contributed by atoms with E-state index in [-0.39, 0.29) is 5.91 Å². The Morgan fingerprint density at radius 1 is 1.36 bits per heavy atom. The molecule has 1 aliphatic rings. The number of aromatic nitrogens is 4. The van der Waals surface area contributed by atoms with Crippen molar-refractivity contribution in [2.24, 2.45) is 0 Å². The molecule has 1 fully saturated rings. The molecule has 3 aromatic rings. The molecule has 1 N–H and O–H groups in total. The monoisotopic (exact) mass is 335 g/mol. The van der Waals surface area contributed by atoms with Crippen molar-refractivity contribution in [3.05, 3.63) is 47.4 Å². The standard InChI is InChI=1S/C19H21N5O/c1-3-9-21-19(25)14-11-15(13-7-8-13)22-18-17(14)12(2)23-24(18)16-6-4-5-10-20-16/h4-6,10-11,13H,3,7-9H2,1-2H3,(H,21,25). The lowest BCUT2D eigenvalue weighted by Gasteiger charge is -2.09. The van der Waals surface area contributed by atoms with Crippen LogP contribution >= 0.6 is 0 Å². The molecule has 0 aliphatic heterocycles. The van der Waals surface area contributed by atoms with Crippen molar-refractivity contribution in [3.63, 3.8) is 0 Å². The van der Waals surface area contributed by atoms with Gasteiger partial charge in [-0.15, -0.1) is 0 Å². The van der Waals surface area contributed by atoms with E-state index in [1.54, 1.807) is 10.9 Å². The van der Waals surface area contributed by atoms with E-state index in [0.29, 0.717) is 29.5 Å². The molecule has 3 aromatic heterocycles. The van der Waals surface area contributed by atoms with Crippen LogP contribution < -0.4 is 5.32 Å². The van der Waals surface area contributed by atoms with Crippen molar-refractivity contribution in [3.8, 4) is 5.82 Å². The van der Waals surface area contributed by atoms with Crippen LogP contribution in [0.15, 0.2) is 30.5 Å². The fourth-order valence-electron chi connectivity index (χ4n) is 3.05. The number of nitrogens with zero attached hydrogens (tertiary/aromatic N) is 4. The van der Waals surface area contributed by atoms with Gasteiger partial charge < -0.3 is 5.32 Å². The van der Waals surface area contributed by atoms with Crippen LogP contribution in [-0.4, -0.2) is 32.2 Å². The predicted molar refractivity (Wildman–Crippen MR) is 96.0 cm³/mol. The molecule has 0 aromatic carbocycles. The number of fused-ring (bicyclic) bond motifs is 1. The maximum atomic E-state index is 12.7. The number of carbonyl (C=O) groups excluding carboxylic acids is 1. The lowest BCUT2D eigenvalue weighted by molar-refractivity contribution is 0.0955. The predicted octanol–water partition coefficient (Wildman–Crippen LogP) is 3.14. The first-order valence-electron chi connectivity index (χ1n) is 8.79. The van der Waals surface area contributed by atoms with Gasteiger partial charge in [-0.25, -0.2) is 9.97 Å². The molecule has 0 radical (unpaired) electrons. The maximum Gasteiger partial charge on any atom is 0.252 e. The zero-order valence-corrected chi connectivity index (χ0v) is 14.5. The Morgan fingerprint density at radius 3 is 2.88 bits per heavy atom. The zero-order chi connectivity index (χ0) is 17.4. The third-order valence-electron chi connectivity index (χ3n) is 4.47. The average molecular weight is 335 g/mol. The Morgan fingerprint density at radius 2 is 2.20 bits per heavy atom. The van der Waals surface area contributed by atoms with E-state index in [2.05, 4.69) is 15.4 Å². The van der Waals surface area contributed by atoms with Crippen LogP contribution in [0.4, 0.5) is 0 Å². The van der Waals surface area contributed by atoms with Gasteiger partial charge in [0.2, 0.25) is 0 Å². The third kappa shape index (κ3) is 2.88. The first-order valence-corrected chi connectivity index (χ1v) is 8.79. The van der Waals surface area contributed by atoms with Gasteiger partial charge in [0.05, 0.1) is 16.6 Å². The summed E-state index contributed by atoms with van der Waals surface area (Å²) in [5.74, 6) is 1.11. The second kappa shape index (κ2) is 6.27. The summed E-state index contributed by atoms with van der Waals surface area (Å²) in [7, 11) is 0. The number of hydrogen-bond donors (Lipinski definition) is 1. The molecular weight excluding hydrogens is 314 g/mol. The number of rotatable bonds is 5. The van der Waals surface area contributed by atoms with Crippen molar-refractivity contribution >= 4 is 16.9 Å². The van der Waals surface area contributed by atoms with E-state index in [4.69, 9.17) is 4.98 Å². The second-order valence-electron chi connectivity index (χ2n) is 6.51. The smallest absolute Gasteiger partial charge is 0.252 e. The summed E-state index contributed by atoms with van der Waals surface area (Å²) >= 11 is 0. The number of amides is 1. The van der Waals surface area contributed by atoms with Crippen LogP contribution in [-0.2, 0) is 0 Å². The van der Waals surface area contributed by atoms with Gasteiger partial charge in [0, 0.05) is 24.4 Å². The highest BCUT2D eigenvalue weighted by Crippen LogP contribution is 2.40. The van der Waals surface area contributed by atoms with E-state index in [9.17, 15) is 4.79 Å². The molecule has 1 aliphatic carbocycles. The largest absolute Gasteiger partial charge is 0.352 e. The molecular formula is C19H21N5O. The van der Waals surface area contributed by atoms with Gasteiger partial charge in [-0.1, -0.05) is 13.0 Å². The van der Waals surface area contributed by atoms with Crippen molar-refractivity contribution in [2.75, 3.05) is 6.54 Å². The molecule has 1 saturated carbocycles. The SMILES string of the molecule is CCCNC(=O)c1cc(C2CC2)nc2c1c(C)nn2-c1ccccn1. The Labute approximate surface area is 146 Å². The summed E-state index contributed by atoms with van der Waals surface area (Å²) in [5, 5.41) is 8.41. The normalized spacial score (nSPS) is 14.0. The molecule has 0 spiro atoms. The summed E-state index contributed by atoms with van der Waals surface area (Å²) in [6.45, 7) is 4.62. The fourth-order valence-corrected chi connectivity index (χ4v) is 3.05. The van der Waals surface area contributed by atoms with Crippen molar-refractivity contribution in [2.45, 2.75) is 39.0 Å². The molecule has 0 atom stereocenters. The molecule has 6 nitrogen and oxygen atoms in total.